The summed E-state index contributed by atoms with van der Waals surface area (Å²) in [5.74, 6) is 0.0867. The van der Waals surface area contributed by atoms with Crippen LogP contribution >= 0.6 is 15.9 Å². The van der Waals surface area contributed by atoms with Crippen LogP contribution in [0.15, 0.2) is 39.4 Å². The summed E-state index contributed by atoms with van der Waals surface area (Å²) < 4.78 is 18.8. The van der Waals surface area contributed by atoms with Crippen LogP contribution in [0.2, 0.25) is 0 Å². The van der Waals surface area contributed by atoms with Crippen LogP contribution in [-0.4, -0.2) is 17.9 Å². The number of aryl methyl sites for hydroxylation is 1. The van der Waals surface area contributed by atoms with Gasteiger partial charge in [0.1, 0.15) is 11.6 Å². The zero-order valence-corrected chi connectivity index (χ0v) is 12.2. The fraction of sp³-hybridized carbons (Fsp3) is 0.214. The summed E-state index contributed by atoms with van der Waals surface area (Å²) in [6.07, 6.45) is 1.58. The molecule has 19 heavy (non-hydrogen) atoms. The Morgan fingerprint density at radius 3 is 2.79 bits per heavy atom. The summed E-state index contributed by atoms with van der Waals surface area (Å²) in [5, 5.41) is 0. The summed E-state index contributed by atoms with van der Waals surface area (Å²) in [4.78, 5) is 13.8. The van der Waals surface area contributed by atoms with E-state index in [-0.39, 0.29) is 10.4 Å². The van der Waals surface area contributed by atoms with Gasteiger partial charge < -0.3 is 9.32 Å². The Hall–Kier alpha value is -1.62. The van der Waals surface area contributed by atoms with Gasteiger partial charge in [-0.2, -0.15) is 0 Å². The molecule has 0 aliphatic carbocycles. The molecule has 2 rings (SSSR count). The average molecular weight is 326 g/mol. The minimum atomic E-state index is -0.446. The van der Waals surface area contributed by atoms with E-state index in [1.165, 1.54) is 17.0 Å². The maximum Gasteiger partial charge on any atom is 0.255 e. The van der Waals surface area contributed by atoms with E-state index in [4.69, 9.17) is 4.42 Å². The fourth-order valence-corrected chi connectivity index (χ4v) is 2.21. The van der Waals surface area contributed by atoms with Gasteiger partial charge >= 0.3 is 0 Å². The van der Waals surface area contributed by atoms with Crippen molar-refractivity contribution in [2.75, 3.05) is 7.05 Å². The lowest BCUT2D eigenvalue weighted by Crippen LogP contribution is -2.26. The highest BCUT2D eigenvalue weighted by molar-refractivity contribution is 9.10. The van der Waals surface area contributed by atoms with Crippen molar-refractivity contribution in [3.05, 3.63) is 57.7 Å². The van der Waals surface area contributed by atoms with E-state index in [1.807, 2.05) is 13.0 Å². The average Bonchev–Trinajstić information content (AvgIpc) is 2.77. The monoisotopic (exact) mass is 325 g/mol. The van der Waals surface area contributed by atoms with Crippen molar-refractivity contribution in [1.29, 1.82) is 0 Å². The maximum absolute atomic E-state index is 13.4. The molecule has 0 radical (unpaired) electrons. The SMILES string of the molecule is Cc1occc1CN(C)C(=O)c1cccc(F)c1Br. The van der Waals surface area contributed by atoms with E-state index in [0.717, 1.165) is 11.3 Å². The quantitative estimate of drug-likeness (QED) is 0.860. The molecule has 2 aromatic rings. The first-order chi connectivity index (χ1) is 9.00. The summed E-state index contributed by atoms with van der Waals surface area (Å²) >= 11 is 3.10. The second kappa shape index (κ2) is 5.57. The highest BCUT2D eigenvalue weighted by Gasteiger charge is 2.18. The second-order valence-corrected chi connectivity index (χ2v) is 5.06. The third-order valence-corrected chi connectivity index (χ3v) is 3.71. The van der Waals surface area contributed by atoms with Crippen LogP contribution in [0.1, 0.15) is 21.7 Å². The summed E-state index contributed by atoms with van der Waals surface area (Å²) in [6.45, 7) is 2.26. The van der Waals surface area contributed by atoms with E-state index < -0.39 is 5.82 Å². The number of hydrogen-bond acceptors (Lipinski definition) is 2. The van der Waals surface area contributed by atoms with E-state index in [0.29, 0.717) is 12.1 Å². The van der Waals surface area contributed by atoms with E-state index in [1.54, 1.807) is 19.4 Å². The molecule has 100 valence electrons. The van der Waals surface area contributed by atoms with Crippen LogP contribution in [0.4, 0.5) is 4.39 Å². The minimum Gasteiger partial charge on any atom is -0.469 e. The van der Waals surface area contributed by atoms with Crippen LogP contribution in [0, 0.1) is 12.7 Å². The van der Waals surface area contributed by atoms with Gasteiger partial charge in [0.25, 0.3) is 5.91 Å². The Morgan fingerprint density at radius 1 is 1.42 bits per heavy atom. The number of amides is 1. The lowest BCUT2D eigenvalue weighted by Gasteiger charge is -2.17. The molecule has 1 heterocycles. The number of hydrogen-bond donors (Lipinski definition) is 0. The van der Waals surface area contributed by atoms with Crippen molar-refractivity contribution in [2.24, 2.45) is 0 Å². The maximum atomic E-state index is 13.4. The molecule has 1 aromatic carbocycles. The Balaban J connectivity index is 2.20. The summed E-state index contributed by atoms with van der Waals surface area (Å²) in [5.41, 5.74) is 1.24. The second-order valence-electron chi connectivity index (χ2n) is 4.26. The number of carbonyl (C=O) groups excluding carboxylic acids is 1. The largest absolute Gasteiger partial charge is 0.469 e. The van der Waals surface area contributed by atoms with Gasteiger partial charge in [-0.05, 0) is 41.1 Å². The summed E-state index contributed by atoms with van der Waals surface area (Å²) in [7, 11) is 1.67. The van der Waals surface area contributed by atoms with Crippen molar-refractivity contribution in [3.63, 3.8) is 0 Å². The zero-order chi connectivity index (χ0) is 14.0. The zero-order valence-electron chi connectivity index (χ0n) is 10.6. The van der Waals surface area contributed by atoms with Crippen molar-refractivity contribution < 1.29 is 13.6 Å². The van der Waals surface area contributed by atoms with Crippen molar-refractivity contribution in [2.45, 2.75) is 13.5 Å². The number of benzene rings is 1. The third kappa shape index (κ3) is 2.87. The van der Waals surface area contributed by atoms with E-state index in [2.05, 4.69) is 15.9 Å². The Labute approximate surface area is 119 Å². The highest BCUT2D eigenvalue weighted by Crippen LogP contribution is 2.22. The van der Waals surface area contributed by atoms with Crippen LogP contribution in [0.5, 0.6) is 0 Å². The van der Waals surface area contributed by atoms with Gasteiger partial charge in [-0.3, -0.25) is 4.79 Å². The van der Waals surface area contributed by atoms with Crippen LogP contribution in [0.25, 0.3) is 0 Å². The molecule has 0 atom stereocenters. The fourth-order valence-electron chi connectivity index (χ4n) is 1.78. The molecule has 0 bridgehead atoms. The first kappa shape index (κ1) is 13.8. The molecule has 0 saturated carbocycles. The summed E-state index contributed by atoms with van der Waals surface area (Å²) in [6, 6.07) is 6.24. The predicted molar refractivity (Wildman–Crippen MR) is 73.3 cm³/mol. The molecule has 1 aromatic heterocycles. The molecule has 0 spiro atoms. The molecule has 3 nitrogen and oxygen atoms in total. The molecule has 0 N–H and O–H groups in total. The first-order valence-electron chi connectivity index (χ1n) is 5.73. The van der Waals surface area contributed by atoms with E-state index in [9.17, 15) is 9.18 Å². The lowest BCUT2D eigenvalue weighted by molar-refractivity contribution is 0.0783. The minimum absolute atomic E-state index is 0.191. The molecular formula is C14H13BrFNO2. The Morgan fingerprint density at radius 2 is 2.16 bits per heavy atom. The highest BCUT2D eigenvalue weighted by atomic mass is 79.9. The third-order valence-electron chi connectivity index (χ3n) is 2.90. The van der Waals surface area contributed by atoms with Crippen LogP contribution in [0.3, 0.4) is 0 Å². The molecule has 1 amide bonds. The molecule has 0 aliphatic rings. The Bertz CT molecular complexity index is 609. The molecular weight excluding hydrogens is 313 g/mol. The molecule has 0 saturated heterocycles. The van der Waals surface area contributed by atoms with Gasteiger partial charge in [0.2, 0.25) is 0 Å². The van der Waals surface area contributed by atoms with Gasteiger partial charge in [0.15, 0.2) is 0 Å². The standard InChI is InChI=1S/C14H13BrFNO2/c1-9-10(6-7-19-9)8-17(2)14(18)11-4-3-5-12(16)13(11)15/h3-7H,8H2,1-2H3. The molecule has 0 fully saturated rings. The number of furan rings is 1. The van der Waals surface area contributed by atoms with Crippen molar-refractivity contribution in [1.82, 2.24) is 4.90 Å². The van der Waals surface area contributed by atoms with E-state index >= 15 is 0 Å². The molecule has 5 heteroatoms. The number of rotatable bonds is 3. The van der Waals surface area contributed by atoms with Crippen molar-refractivity contribution in [3.8, 4) is 0 Å². The van der Waals surface area contributed by atoms with Gasteiger partial charge in [0.05, 0.1) is 16.3 Å². The smallest absolute Gasteiger partial charge is 0.255 e. The lowest BCUT2D eigenvalue weighted by atomic mass is 10.2. The Kier molecular flexibility index (Phi) is 4.04. The topological polar surface area (TPSA) is 33.5 Å². The first-order valence-corrected chi connectivity index (χ1v) is 6.52. The van der Waals surface area contributed by atoms with Crippen LogP contribution < -0.4 is 0 Å². The predicted octanol–water partition coefficient (Wildman–Crippen LogP) is 3.76. The normalized spacial score (nSPS) is 10.5. The number of nitrogens with zero attached hydrogens (tertiary/aromatic N) is 1. The molecule has 0 unspecified atom stereocenters. The van der Waals surface area contributed by atoms with Gasteiger partial charge in [-0.25, -0.2) is 4.39 Å². The number of halogens is 2. The van der Waals surface area contributed by atoms with Gasteiger partial charge in [-0.15, -0.1) is 0 Å². The van der Waals surface area contributed by atoms with Crippen LogP contribution in [-0.2, 0) is 6.54 Å². The van der Waals surface area contributed by atoms with Gasteiger partial charge in [0, 0.05) is 19.2 Å². The molecule has 0 aliphatic heterocycles. The van der Waals surface area contributed by atoms with Gasteiger partial charge in [-0.1, -0.05) is 6.07 Å². The van der Waals surface area contributed by atoms with Crippen molar-refractivity contribution >= 4 is 21.8 Å². The number of carbonyl (C=O) groups is 1.